The number of hydroxylamine groups is 1. The van der Waals surface area contributed by atoms with Crippen molar-refractivity contribution in [3.05, 3.63) is 70.8 Å². The van der Waals surface area contributed by atoms with Crippen LogP contribution in [0.15, 0.2) is 60.2 Å². The Morgan fingerprint density at radius 2 is 1.62 bits per heavy atom. The third kappa shape index (κ3) is 2.66. The molecule has 3 rings (SSSR count). The molecule has 1 heterocycles. The van der Waals surface area contributed by atoms with Crippen molar-refractivity contribution in [2.24, 2.45) is 0 Å². The normalized spacial score (nSPS) is 16.4. The highest BCUT2D eigenvalue weighted by Gasteiger charge is 2.37. The largest absolute Gasteiger partial charge is 0.369 e. The molecule has 0 bridgehead atoms. The first-order valence-corrected chi connectivity index (χ1v) is 6.62. The Labute approximate surface area is 126 Å². The van der Waals surface area contributed by atoms with Crippen LogP contribution >= 0.6 is 11.6 Å². The maximum atomic E-state index is 12.3. The third-order valence-corrected chi connectivity index (χ3v) is 3.23. The lowest BCUT2D eigenvalue weighted by atomic mass is 10.1. The smallest absolute Gasteiger partial charge is 0.327 e. The van der Waals surface area contributed by atoms with E-state index >= 15 is 0 Å². The van der Waals surface area contributed by atoms with Crippen LogP contribution < -0.4 is 5.06 Å². The SMILES string of the molecule is O=C1ON(c2ccccc2)C(=O)C1=Cc1ccc(Cl)cc1. The van der Waals surface area contributed by atoms with E-state index in [1.54, 1.807) is 48.5 Å². The first-order chi connectivity index (χ1) is 10.1. The molecular weight excluding hydrogens is 290 g/mol. The first kappa shape index (κ1) is 13.4. The second-order valence-corrected chi connectivity index (χ2v) is 4.86. The van der Waals surface area contributed by atoms with Crippen LogP contribution in [0.4, 0.5) is 5.69 Å². The van der Waals surface area contributed by atoms with Gasteiger partial charge in [0.05, 0.1) is 5.69 Å². The van der Waals surface area contributed by atoms with Gasteiger partial charge in [0.15, 0.2) is 0 Å². The number of halogens is 1. The zero-order valence-electron chi connectivity index (χ0n) is 10.8. The molecule has 1 aliphatic heterocycles. The number of amides is 1. The van der Waals surface area contributed by atoms with Gasteiger partial charge in [0.1, 0.15) is 5.57 Å². The van der Waals surface area contributed by atoms with Gasteiger partial charge in [-0.15, -0.1) is 5.06 Å². The maximum absolute atomic E-state index is 12.3. The quantitative estimate of drug-likeness (QED) is 0.632. The zero-order valence-corrected chi connectivity index (χ0v) is 11.6. The van der Waals surface area contributed by atoms with E-state index in [1.807, 2.05) is 6.07 Å². The van der Waals surface area contributed by atoms with E-state index in [9.17, 15) is 9.59 Å². The van der Waals surface area contributed by atoms with Crippen LogP contribution in [0.2, 0.25) is 5.02 Å². The van der Waals surface area contributed by atoms with Gasteiger partial charge in [-0.25, -0.2) is 4.79 Å². The average molecular weight is 300 g/mol. The molecule has 0 atom stereocenters. The predicted octanol–water partition coefficient (Wildman–Crippen LogP) is 3.23. The fourth-order valence-electron chi connectivity index (χ4n) is 1.95. The fourth-order valence-corrected chi connectivity index (χ4v) is 2.08. The van der Waals surface area contributed by atoms with Crippen molar-refractivity contribution in [3.63, 3.8) is 0 Å². The zero-order chi connectivity index (χ0) is 14.8. The van der Waals surface area contributed by atoms with E-state index in [0.717, 1.165) is 5.06 Å². The molecule has 104 valence electrons. The predicted molar refractivity (Wildman–Crippen MR) is 79.4 cm³/mol. The molecule has 0 aromatic heterocycles. The molecule has 0 saturated carbocycles. The second-order valence-electron chi connectivity index (χ2n) is 4.42. The van der Waals surface area contributed by atoms with Crippen molar-refractivity contribution >= 4 is 35.2 Å². The number of anilines is 1. The molecular formula is C16H10ClNO3. The first-order valence-electron chi connectivity index (χ1n) is 6.24. The van der Waals surface area contributed by atoms with Crippen LogP contribution in [-0.2, 0) is 14.4 Å². The number of benzene rings is 2. The van der Waals surface area contributed by atoms with E-state index in [4.69, 9.17) is 16.4 Å². The van der Waals surface area contributed by atoms with E-state index < -0.39 is 11.9 Å². The Balaban J connectivity index is 1.92. The molecule has 5 heteroatoms. The number of hydrogen-bond donors (Lipinski definition) is 0. The molecule has 0 radical (unpaired) electrons. The van der Waals surface area contributed by atoms with Gasteiger partial charge in [-0.2, -0.15) is 0 Å². The van der Waals surface area contributed by atoms with E-state index in [0.29, 0.717) is 16.3 Å². The van der Waals surface area contributed by atoms with Crippen molar-refractivity contribution in [3.8, 4) is 0 Å². The summed E-state index contributed by atoms with van der Waals surface area (Å²) >= 11 is 5.80. The van der Waals surface area contributed by atoms with Crippen LogP contribution in [0, 0.1) is 0 Å². The summed E-state index contributed by atoms with van der Waals surface area (Å²) in [4.78, 5) is 29.2. The summed E-state index contributed by atoms with van der Waals surface area (Å²) in [6.45, 7) is 0. The Morgan fingerprint density at radius 3 is 2.29 bits per heavy atom. The molecule has 0 unspecified atom stereocenters. The summed E-state index contributed by atoms with van der Waals surface area (Å²) in [5.41, 5.74) is 1.20. The molecule has 1 amide bonds. The van der Waals surface area contributed by atoms with Gasteiger partial charge in [0, 0.05) is 5.02 Å². The summed E-state index contributed by atoms with van der Waals surface area (Å²) in [7, 11) is 0. The Morgan fingerprint density at radius 1 is 0.952 bits per heavy atom. The summed E-state index contributed by atoms with van der Waals surface area (Å²) < 4.78 is 0. The van der Waals surface area contributed by atoms with Crippen LogP contribution in [0.3, 0.4) is 0 Å². The highest BCUT2D eigenvalue weighted by Crippen LogP contribution is 2.25. The molecule has 0 spiro atoms. The number of rotatable bonds is 2. The number of carbonyl (C=O) groups excluding carboxylic acids is 2. The van der Waals surface area contributed by atoms with Crippen molar-refractivity contribution in [1.29, 1.82) is 0 Å². The number of nitrogens with zero attached hydrogens (tertiary/aromatic N) is 1. The topological polar surface area (TPSA) is 46.6 Å². The molecule has 2 aromatic rings. The van der Waals surface area contributed by atoms with Crippen molar-refractivity contribution in [2.75, 3.05) is 5.06 Å². The van der Waals surface area contributed by atoms with Crippen molar-refractivity contribution in [2.45, 2.75) is 0 Å². The van der Waals surface area contributed by atoms with Gasteiger partial charge in [-0.1, -0.05) is 41.9 Å². The molecule has 4 nitrogen and oxygen atoms in total. The average Bonchev–Trinajstić information content (AvgIpc) is 2.78. The van der Waals surface area contributed by atoms with Gasteiger partial charge < -0.3 is 4.84 Å². The summed E-state index contributed by atoms with van der Waals surface area (Å²) in [6.07, 6.45) is 1.49. The number of hydrogen-bond acceptors (Lipinski definition) is 3. The van der Waals surface area contributed by atoms with Crippen LogP contribution in [0.1, 0.15) is 5.56 Å². The summed E-state index contributed by atoms with van der Waals surface area (Å²) in [5.74, 6) is -1.15. The lowest BCUT2D eigenvalue weighted by Gasteiger charge is -2.11. The number of carbonyl (C=O) groups is 2. The van der Waals surface area contributed by atoms with Crippen LogP contribution in [-0.4, -0.2) is 11.9 Å². The van der Waals surface area contributed by atoms with Gasteiger partial charge >= 0.3 is 5.97 Å². The minimum absolute atomic E-state index is 0.0128. The molecule has 21 heavy (non-hydrogen) atoms. The second kappa shape index (κ2) is 5.42. The van der Waals surface area contributed by atoms with Crippen LogP contribution in [0.25, 0.3) is 6.08 Å². The van der Waals surface area contributed by atoms with Crippen LogP contribution in [0.5, 0.6) is 0 Å². The molecule has 1 fully saturated rings. The van der Waals surface area contributed by atoms with E-state index in [-0.39, 0.29) is 5.57 Å². The maximum Gasteiger partial charge on any atom is 0.369 e. The highest BCUT2D eigenvalue weighted by molar-refractivity contribution is 6.30. The monoisotopic (exact) mass is 299 g/mol. The molecule has 2 aromatic carbocycles. The van der Waals surface area contributed by atoms with Crippen molar-refractivity contribution in [1.82, 2.24) is 0 Å². The highest BCUT2D eigenvalue weighted by atomic mass is 35.5. The van der Waals surface area contributed by atoms with E-state index in [2.05, 4.69) is 0 Å². The van der Waals surface area contributed by atoms with Gasteiger partial charge in [-0.05, 0) is 35.9 Å². The summed E-state index contributed by atoms with van der Waals surface area (Å²) in [6, 6.07) is 15.5. The standard InChI is InChI=1S/C16H10ClNO3/c17-12-8-6-11(7-9-12)10-14-15(19)18(21-16(14)20)13-4-2-1-3-5-13/h1-10H. The molecule has 0 N–H and O–H groups in total. The lowest BCUT2D eigenvalue weighted by Crippen LogP contribution is -2.22. The van der Waals surface area contributed by atoms with Crippen molar-refractivity contribution < 1.29 is 14.4 Å². The minimum atomic E-state index is -0.668. The molecule has 1 saturated heterocycles. The summed E-state index contributed by atoms with van der Waals surface area (Å²) in [5, 5.41) is 1.58. The van der Waals surface area contributed by atoms with Gasteiger partial charge in [-0.3, -0.25) is 4.79 Å². The minimum Gasteiger partial charge on any atom is -0.327 e. The molecule has 1 aliphatic rings. The molecule has 0 aliphatic carbocycles. The van der Waals surface area contributed by atoms with E-state index in [1.165, 1.54) is 6.08 Å². The fraction of sp³-hybridized carbons (Fsp3) is 0. The lowest BCUT2D eigenvalue weighted by molar-refractivity contribution is -0.137. The third-order valence-electron chi connectivity index (χ3n) is 2.98. The van der Waals surface area contributed by atoms with Gasteiger partial charge in [0.2, 0.25) is 0 Å². The number of para-hydroxylation sites is 1. The Bertz CT molecular complexity index is 723. The Kier molecular flexibility index (Phi) is 3.46. The Hall–Kier alpha value is -2.59. The van der Waals surface area contributed by atoms with Gasteiger partial charge in [0.25, 0.3) is 5.91 Å².